The van der Waals surface area contributed by atoms with Gasteiger partial charge in [-0.05, 0) is 50.7 Å². The number of nitrogens with one attached hydrogen (secondary N) is 1. The third kappa shape index (κ3) is 4.01. The summed E-state index contributed by atoms with van der Waals surface area (Å²) in [6.45, 7) is 7.51. The lowest BCUT2D eigenvalue weighted by Crippen LogP contribution is -2.35. The predicted molar refractivity (Wildman–Crippen MR) is 75.2 cm³/mol. The fourth-order valence-corrected chi connectivity index (χ4v) is 1.98. The van der Waals surface area contributed by atoms with Gasteiger partial charge >= 0.3 is 0 Å². The normalized spacial score (nSPS) is 16.6. The summed E-state index contributed by atoms with van der Waals surface area (Å²) in [5, 5.41) is 3.47. The molecule has 0 amide bonds. The number of hydrogen-bond acceptors (Lipinski definition) is 1. The molecule has 0 aromatic heterocycles. The molecule has 0 heterocycles. The van der Waals surface area contributed by atoms with Gasteiger partial charge in [0.1, 0.15) is 0 Å². The molecule has 1 heteroatoms. The number of benzene rings is 1. The van der Waals surface area contributed by atoms with Crippen molar-refractivity contribution >= 4 is 6.08 Å². The molecule has 1 aliphatic rings. The van der Waals surface area contributed by atoms with Crippen molar-refractivity contribution in [2.75, 3.05) is 6.54 Å². The average Bonchev–Trinajstić information content (AvgIpc) is 3.07. The summed E-state index contributed by atoms with van der Waals surface area (Å²) >= 11 is 0. The molecule has 1 saturated carbocycles. The zero-order valence-electron chi connectivity index (χ0n) is 11.2. The molecule has 1 aromatic carbocycles. The molecule has 0 spiro atoms. The van der Waals surface area contributed by atoms with E-state index in [9.17, 15) is 0 Å². The van der Waals surface area contributed by atoms with Crippen LogP contribution in [0.2, 0.25) is 0 Å². The van der Waals surface area contributed by atoms with E-state index in [2.05, 4.69) is 62.5 Å². The zero-order chi connectivity index (χ0) is 12.3. The highest BCUT2D eigenvalue weighted by Crippen LogP contribution is 2.41. The van der Waals surface area contributed by atoms with Crippen molar-refractivity contribution in [2.24, 2.45) is 0 Å². The summed E-state index contributed by atoms with van der Waals surface area (Å²) in [7, 11) is 0. The first-order valence-electron chi connectivity index (χ1n) is 6.57. The van der Waals surface area contributed by atoms with Crippen LogP contribution in [-0.2, 0) is 0 Å². The lowest BCUT2D eigenvalue weighted by atomic mass is 10.0. The Kier molecular flexibility index (Phi) is 3.68. The third-order valence-corrected chi connectivity index (χ3v) is 3.06. The zero-order valence-corrected chi connectivity index (χ0v) is 11.2. The molecule has 0 bridgehead atoms. The van der Waals surface area contributed by atoms with Crippen LogP contribution in [0.25, 0.3) is 6.08 Å². The van der Waals surface area contributed by atoms with Crippen LogP contribution in [0, 0.1) is 0 Å². The summed E-state index contributed by atoms with van der Waals surface area (Å²) in [5.74, 6) is 0.825. The molecule has 1 nitrogen and oxygen atoms in total. The lowest BCUT2D eigenvalue weighted by Gasteiger charge is -2.18. The largest absolute Gasteiger partial charge is 0.309 e. The molecule has 0 aliphatic heterocycles. The topological polar surface area (TPSA) is 12.0 Å². The third-order valence-electron chi connectivity index (χ3n) is 3.06. The fourth-order valence-electron chi connectivity index (χ4n) is 1.98. The van der Waals surface area contributed by atoms with Crippen LogP contribution in [0.15, 0.2) is 30.3 Å². The Morgan fingerprint density at radius 1 is 1.24 bits per heavy atom. The number of rotatable bonds is 4. The van der Waals surface area contributed by atoms with Gasteiger partial charge in [0.2, 0.25) is 0 Å². The summed E-state index contributed by atoms with van der Waals surface area (Å²) in [6, 6.07) is 8.77. The quantitative estimate of drug-likeness (QED) is 0.824. The van der Waals surface area contributed by atoms with Crippen molar-refractivity contribution in [1.29, 1.82) is 0 Å². The highest BCUT2D eigenvalue weighted by Gasteiger charge is 2.24. The van der Waals surface area contributed by atoms with E-state index in [0.717, 1.165) is 12.5 Å². The van der Waals surface area contributed by atoms with Gasteiger partial charge in [-0.3, -0.25) is 0 Å². The standard InChI is InChI=1S/C16H23N/c1-16(2,3)17-12-6-8-13-7-4-5-9-15(13)14-10-11-14/h4-9,14,17H,10-12H2,1-3H3. The van der Waals surface area contributed by atoms with Crippen molar-refractivity contribution in [1.82, 2.24) is 5.32 Å². The molecule has 1 fully saturated rings. The minimum absolute atomic E-state index is 0.195. The van der Waals surface area contributed by atoms with Gasteiger partial charge < -0.3 is 5.32 Å². The highest BCUT2D eigenvalue weighted by molar-refractivity contribution is 5.55. The minimum atomic E-state index is 0.195. The van der Waals surface area contributed by atoms with Crippen LogP contribution in [0.3, 0.4) is 0 Å². The van der Waals surface area contributed by atoms with E-state index >= 15 is 0 Å². The lowest BCUT2D eigenvalue weighted by molar-refractivity contribution is 0.450. The summed E-state index contributed by atoms with van der Waals surface area (Å²) in [5.41, 5.74) is 3.12. The molecule has 1 N–H and O–H groups in total. The molecule has 2 rings (SSSR count). The van der Waals surface area contributed by atoms with Crippen molar-refractivity contribution in [3.05, 3.63) is 41.5 Å². The van der Waals surface area contributed by atoms with E-state index in [1.54, 1.807) is 0 Å². The first-order valence-corrected chi connectivity index (χ1v) is 6.57. The van der Waals surface area contributed by atoms with Crippen molar-refractivity contribution in [3.63, 3.8) is 0 Å². The van der Waals surface area contributed by atoms with Crippen molar-refractivity contribution < 1.29 is 0 Å². The molecular weight excluding hydrogens is 206 g/mol. The second-order valence-electron chi connectivity index (χ2n) is 5.94. The van der Waals surface area contributed by atoms with E-state index in [0.29, 0.717) is 0 Å². The number of hydrogen-bond donors (Lipinski definition) is 1. The van der Waals surface area contributed by atoms with Gasteiger partial charge in [-0.1, -0.05) is 36.4 Å². The minimum Gasteiger partial charge on any atom is -0.309 e. The van der Waals surface area contributed by atoms with Gasteiger partial charge in [-0.2, -0.15) is 0 Å². The Bertz CT molecular complexity index is 394. The van der Waals surface area contributed by atoms with Gasteiger partial charge in [-0.15, -0.1) is 0 Å². The summed E-state index contributed by atoms with van der Waals surface area (Å²) < 4.78 is 0. The molecule has 0 unspecified atom stereocenters. The smallest absolute Gasteiger partial charge is 0.0143 e. The first-order chi connectivity index (χ1) is 8.06. The van der Waals surface area contributed by atoms with Crippen molar-refractivity contribution in [2.45, 2.75) is 45.1 Å². The van der Waals surface area contributed by atoms with Gasteiger partial charge in [0, 0.05) is 12.1 Å². The molecule has 0 saturated heterocycles. The maximum absolute atomic E-state index is 3.47. The molecule has 92 valence electrons. The molecule has 0 radical (unpaired) electrons. The van der Waals surface area contributed by atoms with Gasteiger partial charge in [0.15, 0.2) is 0 Å². The van der Waals surface area contributed by atoms with Crippen LogP contribution in [0.1, 0.15) is 50.7 Å². The Morgan fingerprint density at radius 3 is 2.59 bits per heavy atom. The maximum Gasteiger partial charge on any atom is 0.0143 e. The summed E-state index contributed by atoms with van der Waals surface area (Å²) in [6.07, 6.45) is 7.22. The van der Waals surface area contributed by atoms with E-state index in [1.807, 2.05) is 0 Å². The van der Waals surface area contributed by atoms with Gasteiger partial charge in [-0.25, -0.2) is 0 Å². The Morgan fingerprint density at radius 2 is 1.94 bits per heavy atom. The SMILES string of the molecule is CC(C)(C)NCC=Cc1ccccc1C1CC1. The van der Waals surface area contributed by atoms with Crippen LogP contribution < -0.4 is 5.32 Å². The van der Waals surface area contributed by atoms with E-state index < -0.39 is 0 Å². The first kappa shape index (κ1) is 12.4. The molecule has 1 aliphatic carbocycles. The second-order valence-corrected chi connectivity index (χ2v) is 5.94. The van der Waals surface area contributed by atoms with E-state index in [-0.39, 0.29) is 5.54 Å². The van der Waals surface area contributed by atoms with E-state index in [1.165, 1.54) is 24.0 Å². The molecule has 17 heavy (non-hydrogen) atoms. The van der Waals surface area contributed by atoms with Crippen LogP contribution in [0.4, 0.5) is 0 Å². The van der Waals surface area contributed by atoms with Gasteiger partial charge in [0.05, 0.1) is 0 Å². The molecular formula is C16H23N. The maximum atomic E-state index is 3.47. The fraction of sp³-hybridized carbons (Fsp3) is 0.500. The van der Waals surface area contributed by atoms with Crippen LogP contribution in [-0.4, -0.2) is 12.1 Å². The van der Waals surface area contributed by atoms with Crippen LogP contribution >= 0.6 is 0 Å². The monoisotopic (exact) mass is 229 g/mol. The Balaban J connectivity index is 1.96. The summed E-state index contributed by atoms with van der Waals surface area (Å²) in [4.78, 5) is 0. The second kappa shape index (κ2) is 5.05. The van der Waals surface area contributed by atoms with Crippen molar-refractivity contribution in [3.8, 4) is 0 Å². The predicted octanol–water partition coefficient (Wildman–Crippen LogP) is 3.97. The van der Waals surface area contributed by atoms with Crippen LogP contribution in [0.5, 0.6) is 0 Å². The van der Waals surface area contributed by atoms with E-state index in [4.69, 9.17) is 0 Å². The average molecular weight is 229 g/mol. The molecule has 0 atom stereocenters. The Labute approximate surface area is 105 Å². The Hall–Kier alpha value is -1.08. The highest BCUT2D eigenvalue weighted by atomic mass is 14.9. The molecule has 1 aromatic rings. The van der Waals surface area contributed by atoms with Gasteiger partial charge in [0.25, 0.3) is 0 Å².